The number of aromatic carboxylic acids is 1. The van der Waals surface area contributed by atoms with Crippen molar-refractivity contribution in [3.8, 4) is 0 Å². The number of nitrogens with zero attached hydrogens (tertiary/aromatic N) is 1. The number of aromatic nitrogens is 1. The Hall–Kier alpha value is -2.14. The normalized spacial score (nSPS) is 11.1. The van der Waals surface area contributed by atoms with E-state index in [1.807, 2.05) is 38.1 Å². The topological polar surface area (TPSA) is 63.3 Å². The molecule has 1 aromatic carbocycles. The Morgan fingerprint density at radius 2 is 2.05 bits per heavy atom. The molecule has 0 amide bonds. The number of aryl methyl sites for hydroxylation is 2. The van der Waals surface area contributed by atoms with E-state index < -0.39 is 5.97 Å². The van der Waals surface area contributed by atoms with Crippen LogP contribution in [0.25, 0.3) is 10.1 Å². The summed E-state index contributed by atoms with van der Waals surface area (Å²) in [7, 11) is 0. The van der Waals surface area contributed by atoms with Crippen molar-refractivity contribution in [2.24, 2.45) is 0 Å². The van der Waals surface area contributed by atoms with Crippen molar-refractivity contribution < 1.29 is 14.4 Å². The highest BCUT2D eigenvalue weighted by molar-refractivity contribution is 7.21. The van der Waals surface area contributed by atoms with E-state index >= 15 is 0 Å². The fourth-order valence-corrected chi connectivity index (χ4v) is 3.44. The van der Waals surface area contributed by atoms with Gasteiger partial charge < -0.3 is 9.63 Å². The molecule has 2 heterocycles. The van der Waals surface area contributed by atoms with Gasteiger partial charge in [0.1, 0.15) is 10.6 Å². The lowest BCUT2D eigenvalue weighted by Gasteiger charge is -2.02. The first-order valence-corrected chi connectivity index (χ1v) is 7.05. The zero-order valence-electron chi connectivity index (χ0n) is 11.1. The minimum Gasteiger partial charge on any atom is -0.477 e. The number of thiophene rings is 1. The van der Waals surface area contributed by atoms with Gasteiger partial charge in [0, 0.05) is 16.7 Å². The van der Waals surface area contributed by atoms with Crippen LogP contribution in [0, 0.1) is 13.8 Å². The molecule has 0 aliphatic carbocycles. The SMILES string of the molecule is Cc1noc(C)c1Cc1c(C(=O)O)sc2ccccc12. The number of rotatable bonds is 3. The number of carbonyl (C=O) groups is 1. The molecule has 0 saturated carbocycles. The highest BCUT2D eigenvalue weighted by atomic mass is 32.1. The summed E-state index contributed by atoms with van der Waals surface area (Å²) in [5.41, 5.74) is 2.62. The maximum Gasteiger partial charge on any atom is 0.346 e. The van der Waals surface area contributed by atoms with Crippen molar-refractivity contribution >= 4 is 27.4 Å². The minimum atomic E-state index is -0.882. The van der Waals surface area contributed by atoms with E-state index in [4.69, 9.17) is 4.52 Å². The van der Waals surface area contributed by atoms with Crippen molar-refractivity contribution in [3.05, 3.63) is 51.7 Å². The van der Waals surface area contributed by atoms with E-state index in [9.17, 15) is 9.90 Å². The second-order valence-corrected chi connectivity index (χ2v) is 5.74. The van der Waals surface area contributed by atoms with Gasteiger partial charge in [-0.05, 0) is 30.9 Å². The monoisotopic (exact) mass is 287 g/mol. The van der Waals surface area contributed by atoms with Crippen LogP contribution in [-0.4, -0.2) is 16.2 Å². The highest BCUT2D eigenvalue weighted by Crippen LogP contribution is 2.33. The molecule has 0 unspecified atom stereocenters. The summed E-state index contributed by atoms with van der Waals surface area (Å²) < 4.78 is 6.15. The maximum atomic E-state index is 11.5. The first-order chi connectivity index (χ1) is 9.58. The second kappa shape index (κ2) is 4.76. The van der Waals surface area contributed by atoms with E-state index in [2.05, 4.69) is 5.16 Å². The van der Waals surface area contributed by atoms with Crippen LogP contribution in [0.2, 0.25) is 0 Å². The van der Waals surface area contributed by atoms with Gasteiger partial charge in [0.2, 0.25) is 0 Å². The average molecular weight is 287 g/mol. The van der Waals surface area contributed by atoms with Gasteiger partial charge in [-0.15, -0.1) is 11.3 Å². The molecule has 20 heavy (non-hydrogen) atoms. The van der Waals surface area contributed by atoms with Gasteiger partial charge in [-0.1, -0.05) is 23.4 Å². The number of carboxylic acid groups (broad SMARTS) is 1. The summed E-state index contributed by atoms with van der Waals surface area (Å²) >= 11 is 1.32. The van der Waals surface area contributed by atoms with Crippen LogP contribution in [0.15, 0.2) is 28.8 Å². The first kappa shape index (κ1) is 12.9. The van der Waals surface area contributed by atoms with Crippen LogP contribution in [0.1, 0.15) is 32.3 Å². The third-order valence-electron chi connectivity index (χ3n) is 3.43. The number of hydrogen-bond acceptors (Lipinski definition) is 4. The largest absolute Gasteiger partial charge is 0.477 e. The Bertz CT molecular complexity index is 781. The molecule has 0 radical (unpaired) electrons. The van der Waals surface area contributed by atoms with Gasteiger partial charge in [-0.25, -0.2) is 4.79 Å². The highest BCUT2D eigenvalue weighted by Gasteiger charge is 2.20. The summed E-state index contributed by atoms with van der Waals surface area (Å²) in [6.07, 6.45) is 0.535. The molecule has 0 bridgehead atoms. The Morgan fingerprint density at radius 3 is 2.70 bits per heavy atom. The Balaban J connectivity index is 2.19. The third-order valence-corrected chi connectivity index (χ3v) is 4.63. The van der Waals surface area contributed by atoms with Crippen LogP contribution in [-0.2, 0) is 6.42 Å². The molecule has 0 aliphatic heterocycles. The summed E-state index contributed by atoms with van der Waals surface area (Å²) in [5, 5.41) is 14.3. The molecule has 3 aromatic rings. The quantitative estimate of drug-likeness (QED) is 0.796. The predicted molar refractivity (Wildman–Crippen MR) is 77.6 cm³/mol. The molecule has 102 valence electrons. The van der Waals surface area contributed by atoms with Gasteiger partial charge in [0.05, 0.1) is 5.69 Å². The molecule has 0 aliphatic rings. The Labute approximate surface area is 119 Å². The number of fused-ring (bicyclic) bond motifs is 1. The molecular weight excluding hydrogens is 274 g/mol. The van der Waals surface area contributed by atoms with Crippen molar-refractivity contribution in [3.63, 3.8) is 0 Å². The summed E-state index contributed by atoms with van der Waals surface area (Å²) in [6.45, 7) is 3.73. The van der Waals surface area contributed by atoms with E-state index in [1.165, 1.54) is 11.3 Å². The third kappa shape index (κ3) is 2.00. The van der Waals surface area contributed by atoms with Crippen LogP contribution in [0.5, 0.6) is 0 Å². The lowest BCUT2D eigenvalue weighted by Crippen LogP contribution is -2.00. The fraction of sp³-hybridized carbons (Fsp3) is 0.200. The number of carboxylic acids is 1. The van der Waals surface area contributed by atoms with Crippen LogP contribution in [0.3, 0.4) is 0 Å². The van der Waals surface area contributed by atoms with Crippen LogP contribution in [0.4, 0.5) is 0 Å². The van der Waals surface area contributed by atoms with E-state index in [-0.39, 0.29) is 0 Å². The van der Waals surface area contributed by atoms with Crippen LogP contribution < -0.4 is 0 Å². The van der Waals surface area contributed by atoms with E-state index in [0.29, 0.717) is 11.3 Å². The zero-order valence-corrected chi connectivity index (χ0v) is 12.0. The molecular formula is C15H13NO3S. The summed E-state index contributed by atoms with van der Waals surface area (Å²) in [6, 6.07) is 7.76. The first-order valence-electron chi connectivity index (χ1n) is 6.23. The molecule has 5 heteroatoms. The zero-order chi connectivity index (χ0) is 14.3. The number of hydrogen-bond donors (Lipinski definition) is 1. The lowest BCUT2D eigenvalue weighted by molar-refractivity contribution is 0.0701. The van der Waals surface area contributed by atoms with Crippen molar-refractivity contribution in [2.45, 2.75) is 20.3 Å². The van der Waals surface area contributed by atoms with Crippen LogP contribution >= 0.6 is 11.3 Å². The van der Waals surface area contributed by atoms with Gasteiger partial charge >= 0.3 is 5.97 Å². The van der Waals surface area contributed by atoms with Gasteiger partial charge in [-0.2, -0.15) is 0 Å². The molecule has 2 aromatic heterocycles. The molecule has 0 spiro atoms. The standard InChI is InChI=1S/C15H13NO3S/c1-8-11(9(2)19-16-8)7-12-10-5-3-4-6-13(10)20-14(12)15(17)18/h3-6H,7H2,1-2H3,(H,17,18). The Morgan fingerprint density at radius 1 is 1.30 bits per heavy atom. The number of benzene rings is 1. The minimum absolute atomic E-state index is 0.395. The molecule has 1 N–H and O–H groups in total. The van der Waals surface area contributed by atoms with Gasteiger partial charge in [0.15, 0.2) is 0 Å². The van der Waals surface area contributed by atoms with Crippen molar-refractivity contribution in [1.29, 1.82) is 0 Å². The molecule has 4 nitrogen and oxygen atoms in total. The second-order valence-electron chi connectivity index (χ2n) is 4.69. The van der Waals surface area contributed by atoms with Crippen molar-refractivity contribution in [2.75, 3.05) is 0 Å². The predicted octanol–water partition coefficient (Wildman–Crippen LogP) is 3.80. The molecule has 3 rings (SSSR count). The molecule has 0 saturated heterocycles. The average Bonchev–Trinajstić information content (AvgIpc) is 2.94. The molecule has 0 fully saturated rings. The van der Waals surface area contributed by atoms with E-state index in [1.54, 1.807) is 0 Å². The smallest absolute Gasteiger partial charge is 0.346 e. The maximum absolute atomic E-state index is 11.5. The Kier molecular flexibility index (Phi) is 3.06. The van der Waals surface area contributed by atoms with E-state index in [0.717, 1.165) is 32.7 Å². The summed E-state index contributed by atoms with van der Waals surface area (Å²) in [4.78, 5) is 11.9. The van der Waals surface area contributed by atoms with Gasteiger partial charge in [-0.3, -0.25) is 0 Å². The lowest BCUT2D eigenvalue weighted by atomic mass is 10.0. The summed E-state index contributed by atoms with van der Waals surface area (Å²) in [5.74, 6) is -0.137. The van der Waals surface area contributed by atoms with Gasteiger partial charge in [0.25, 0.3) is 0 Å². The fourth-order valence-electron chi connectivity index (χ4n) is 2.38. The van der Waals surface area contributed by atoms with Crippen molar-refractivity contribution in [1.82, 2.24) is 5.16 Å². The molecule has 0 atom stereocenters.